The van der Waals surface area contributed by atoms with Gasteiger partial charge in [0.1, 0.15) is 11.5 Å². The van der Waals surface area contributed by atoms with E-state index in [1.54, 1.807) is 12.1 Å². The maximum Gasteiger partial charge on any atom is 0.255 e. The van der Waals surface area contributed by atoms with Gasteiger partial charge < -0.3 is 20.9 Å². The number of phenolic OH excluding ortho intramolecular Hbond substituents is 1. The fourth-order valence-electron chi connectivity index (χ4n) is 3.15. The Morgan fingerprint density at radius 3 is 2.90 bits per heavy atom. The third kappa shape index (κ3) is 3.47. The molecule has 1 fully saturated rings. The van der Waals surface area contributed by atoms with Gasteiger partial charge in [0, 0.05) is 12.6 Å². The SMILES string of the molecule is COc1ccc(C(=O)NC2(CN)CCCC(C)C2)c(O)c1. The minimum absolute atomic E-state index is 0.0807. The zero-order chi connectivity index (χ0) is 15.5. The van der Waals surface area contributed by atoms with Crippen LogP contribution in [0.2, 0.25) is 0 Å². The van der Waals surface area contributed by atoms with Gasteiger partial charge in [-0.2, -0.15) is 0 Å². The van der Waals surface area contributed by atoms with Crippen LogP contribution in [-0.4, -0.2) is 30.2 Å². The number of nitrogens with two attached hydrogens (primary N) is 1. The van der Waals surface area contributed by atoms with Crippen molar-refractivity contribution in [2.24, 2.45) is 11.7 Å². The van der Waals surface area contributed by atoms with E-state index in [1.807, 2.05) is 0 Å². The summed E-state index contributed by atoms with van der Waals surface area (Å²) in [6, 6.07) is 4.67. The van der Waals surface area contributed by atoms with Gasteiger partial charge in [-0.1, -0.05) is 19.8 Å². The van der Waals surface area contributed by atoms with Gasteiger partial charge in [-0.3, -0.25) is 4.79 Å². The summed E-state index contributed by atoms with van der Waals surface area (Å²) in [6.07, 6.45) is 4.00. The van der Waals surface area contributed by atoms with Crippen molar-refractivity contribution in [3.05, 3.63) is 23.8 Å². The standard InChI is InChI=1S/C16H24N2O3/c1-11-4-3-7-16(9-11,10-17)18-15(20)13-6-5-12(21-2)8-14(13)19/h5-6,8,11,19H,3-4,7,9-10,17H2,1-2H3,(H,18,20). The molecule has 1 aromatic carbocycles. The zero-order valence-electron chi connectivity index (χ0n) is 12.7. The summed E-state index contributed by atoms with van der Waals surface area (Å²) < 4.78 is 5.02. The lowest BCUT2D eigenvalue weighted by Crippen LogP contribution is -2.56. The van der Waals surface area contributed by atoms with Crippen LogP contribution in [0.1, 0.15) is 43.0 Å². The van der Waals surface area contributed by atoms with Gasteiger partial charge in [0.25, 0.3) is 5.91 Å². The third-order valence-electron chi connectivity index (χ3n) is 4.31. The molecule has 1 amide bonds. The van der Waals surface area contributed by atoms with Crippen LogP contribution in [0.3, 0.4) is 0 Å². The Labute approximate surface area is 125 Å². The predicted octanol–water partition coefficient (Wildman–Crippen LogP) is 2.04. The van der Waals surface area contributed by atoms with E-state index in [2.05, 4.69) is 12.2 Å². The number of carbonyl (C=O) groups is 1. The molecule has 0 heterocycles. The topological polar surface area (TPSA) is 84.6 Å². The van der Waals surface area contributed by atoms with Gasteiger partial charge in [0.15, 0.2) is 0 Å². The van der Waals surface area contributed by atoms with Crippen LogP contribution in [0.15, 0.2) is 18.2 Å². The quantitative estimate of drug-likeness (QED) is 0.793. The summed E-state index contributed by atoms with van der Waals surface area (Å²) >= 11 is 0. The van der Waals surface area contributed by atoms with E-state index in [0.29, 0.717) is 18.2 Å². The minimum atomic E-state index is -0.360. The lowest BCUT2D eigenvalue weighted by molar-refractivity contribution is 0.0851. The molecule has 1 aliphatic carbocycles. The first-order valence-electron chi connectivity index (χ1n) is 7.39. The van der Waals surface area contributed by atoms with Crippen LogP contribution in [0.5, 0.6) is 11.5 Å². The van der Waals surface area contributed by atoms with E-state index in [9.17, 15) is 9.90 Å². The monoisotopic (exact) mass is 292 g/mol. The van der Waals surface area contributed by atoms with E-state index < -0.39 is 0 Å². The molecule has 5 nitrogen and oxygen atoms in total. The molecule has 0 saturated heterocycles. The van der Waals surface area contributed by atoms with Crippen LogP contribution in [0, 0.1) is 5.92 Å². The number of carbonyl (C=O) groups excluding carboxylic acids is 1. The average molecular weight is 292 g/mol. The second kappa shape index (κ2) is 6.35. The molecule has 0 aromatic heterocycles. The Morgan fingerprint density at radius 2 is 2.33 bits per heavy atom. The van der Waals surface area contributed by atoms with Crippen LogP contribution in [0.4, 0.5) is 0 Å². The van der Waals surface area contributed by atoms with Crippen LogP contribution < -0.4 is 15.8 Å². The molecule has 116 valence electrons. The molecule has 2 unspecified atom stereocenters. The Morgan fingerprint density at radius 1 is 1.57 bits per heavy atom. The Balaban J connectivity index is 2.16. The molecular weight excluding hydrogens is 268 g/mol. The number of benzene rings is 1. The molecule has 0 radical (unpaired) electrons. The van der Waals surface area contributed by atoms with Gasteiger partial charge in [-0.25, -0.2) is 0 Å². The minimum Gasteiger partial charge on any atom is -0.507 e. The van der Waals surface area contributed by atoms with Crippen molar-refractivity contribution in [1.82, 2.24) is 5.32 Å². The number of amides is 1. The number of hydrogen-bond donors (Lipinski definition) is 3. The van der Waals surface area contributed by atoms with Crippen LogP contribution in [0.25, 0.3) is 0 Å². The zero-order valence-corrected chi connectivity index (χ0v) is 12.7. The second-order valence-corrected chi connectivity index (χ2v) is 6.02. The molecule has 0 spiro atoms. The lowest BCUT2D eigenvalue weighted by atomic mass is 9.76. The smallest absolute Gasteiger partial charge is 0.255 e. The van der Waals surface area contributed by atoms with Crippen molar-refractivity contribution >= 4 is 5.91 Å². The van der Waals surface area contributed by atoms with E-state index in [0.717, 1.165) is 19.3 Å². The highest BCUT2D eigenvalue weighted by Crippen LogP contribution is 2.32. The number of hydrogen-bond acceptors (Lipinski definition) is 4. The molecule has 1 saturated carbocycles. The highest BCUT2D eigenvalue weighted by atomic mass is 16.5. The van der Waals surface area contributed by atoms with Crippen molar-refractivity contribution in [2.75, 3.05) is 13.7 Å². The van der Waals surface area contributed by atoms with E-state index in [4.69, 9.17) is 10.5 Å². The van der Waals surface area contributed by atoms with Gasteiger partial charge >= 0.3 is 0 Å². The van der Waals surface area contributed by atoms with Gasteiger partial charge in [0.2, 0.25) is 0 Å². The number of ether oxygens (including phenoxy) is 1. The number of aromatic hydroxyl groups is 1. The molecule has 5 heteroatoms. The number of phenols is 1. The van der Waals surface area contributed by atoms with Crippen molar-refractivity contribution in [3.63, 3.8) is 0 Å². The average Bonchev–Trinajstić information content (AvgIpc) is 2.46. The first-order chi connectivity index (χ1) is 9.99. The van der Waals surface area contributed by atoms with E-state index >= 15 is 0 Å². The van der Waals surface area contributed by atoms with E-state index in [-0.39, 0.29) is 22.8 Å². The Bertz CT molecular complexity index is 518. The summed E-state index contributed by atoms with van der Waals surface area (Å²) in [7, 11) is 1.52. The molecule has 0 aliphatic heterocycles. The fraction of sp³-hybridized carbons (Fsp3) is 0.562. The molecule has 2 rings (SSSR count). The van der Waals surface area contributed by atoms with Crippen LogP contribution in [-0.2, 0) is 0 Å². The normalized spacial score (nSPS) is 25.4. The summed E-state index contributed by atoms with van der Waals surface area (Å²) in [5, 5.41) is 13.0. The summed E-state index contributed by atoms with van der Waals surface area (Å²) in [6.45, 7) is 2.60. The van der Waals surface area contributed by atoms with Gasteiger partial charge in [-0.15, -0.1) is 0 Å². The number of methoxy groups -OCH3 is 1. The number of nitrogens with one attached hydrogen (secondary N) is 1. The van der Waals surface area contributed by atoms with Crippen LogP contribution >= 0.6 is 0 Å². The predicted molar refractivity (Wildman–Crippen MR) is 81.5 cm³/mol. The summed E-state index contributed by atoms with van der Waals surface area (Å²) in [5.41, 5.74) is 5.81. The summed E-state index contributed by atoms with van der Waals surface area (Å²) in [4.78, 5) is 12.4. The van der Waals surface area contributed by atoms with Crippen molar-refractivity contribution < 1.29 is 14.6 Å². The molecular formula is C16H24N2O3. The number of rotatable bonds is 4. The third-order valence-corrected chi connectivity index (χ3v) is 4.31. The fourth-order valence-corrected chi connectivity index (χ4v) is 3.15. The van der Waals surface area contributed by atoms with Gasteiger partial charge in [-0.05, 0) is 30.9 Å². The Kier molecular flexibility index (Phi) is 4.73. The van der Waals surface area contributed by atoms with E-state index in [1.165, 1.54) is 19.6 Å². The first kappa shape index (κ1) is 15.6. The molecule has 21 heavy (non-hydrogen) atoms. The van der Waals surface area contributed by atoms with Gasteiger partial charge in [0.05, 0.1) is 18.2 Å². The molecule has 1 aliphatic rings. The van der Waals surface area contributed by atoms with Crippen molar-refractivity contribution in [1.29, 1.82) is 0 Å². The molecule has 1 aromatic rings. The first-order valence-corrected chi connectivity index (χ1v) is 7.39. The molecule has 4 N–H and O–H groups in total. The molecule has 2 atom stereocenters. The lowest BCUT2D eigenvalue weighted by Gasteiger charge is -2.40. The largest absolute Gasteiger partial charge is 0.507 e. The summed E-state index contributed by atoms with van der Waals surface area (Å²) in [5.74, 6) is 0.702. The second-order valence-electron chi connectivity index (χ2n) is 6.02. The molecule has 0 bridgehead atoms. The Hall–Kier alpha value is -1.75. The highest BCUT2D eigenvalue weighted by Gasteiger charge is 2.35. The van der Waals surface area contributed by atoms with Crippen molar-refractivity contribution in [2.45, 2.75) is 38.1 Å². The maximum atomic E-state index is 12.4. The van der Waals surface area contributed by atoms with Crippen molar-refractivity contribution in [3.8, 4) is 11.5 Å². The maximum absolute atomic E-state index is 12.4. The highest BCUT2D eigenvalue weighted by molar-refractivity contribution is 5.97.